The summed E-state index contributed by atoms with van der Waals surface area (Å²) in [5.74, 6) is 0.698. The van der Waals surface area contributed by atoms with Crippen LogP contribution in [0.25, 0.3) is 0 Å². The topological polar surface area (TPSA) is 15.3 Å². The molecule has 1 aliphatic rings. The highest BCUT2D eigenvalue weighted by molar-refractivity contribution is 5.20. The molecule has 1 fully saturated rings. The lowest BCUT2D eigenvalue weighted by molar-refractivity contribution is 0.117. The third-order valence-corrected chi connectivity index (χ3v) is 4.01. The van der Waals surface area contributed by atoms with E-state index in [2.05, 4.69) is 48.3 Å². The lowest BCUT2D eigenvalue weighted by Crippen LogP contribution is -2.52. The Bertz CT molecular complexity index is 380. The van der Waals surface area contributed by atoms with Gasteiger partial charge >= 0.3 is 0 Å². The Morgan fingerprint density at radius 2 is 2.05 bits per heavy atom. The monoisotopic (exact) mass is 278 g/mol. The molecule has 3 heteroatoms. The number of rotatable bonds is 6. The molecule has 2 atom stereocenters. The smallest absolute Gasteiger partial charge is 0.0906 e. The maximum Gasteiger partial charge on any atom is 0.0906 e. The molecule has 2 unspecified atom stereocenters. The number of hydrogen-bond acceptors (Lipinski definition) is 2. The van der Waals surface area contributed by atoms with E-state index in [1.54, 1.807) is 0 Å². The summed E-state index contributed by atoms with van der Waals surface area (Å²) in [4.78, 5) is 2.46. The standard InChI is InChI=1S/C17H27FN2/c1-14(2)11-16-13-20(10-6-9-18)17(12-19-16)15-7-4-3-5-8-15/h3-5,7-8,14,16-17,19H,6,9-13H2,1-2H3. The molecule has 0 amide bonds. The first-order chi connectivity index (χ1) is 9.70. The molecule has 0 bridgehead atoms. The van der Waals surface area contributed by atoms with Crippen LogP contribution in [-0.2, 0) is 0 Å². The molecule has 2 nitrogen and oxygen atoms in total. The molecule has 1 aliphatic heterocycles. The van der Waals surface area contributed by atoms with Crippen molar-refractivity contribution in [2.45, 2.75) is 38.8 Å². The maximum atomic E-state index is 12.5. The molecule has 0 aromatic heterocycles. The normalized spacial score (nSPS) is 24.2. The van der Waals surface area contributed by atoms with Gasteiger partial charge in [0.25, 0.3) is 0 Å². The first-order valence-electron chi connectivity index (χ1n) is 7.79. The van der Waals surface area contributed by atoms with Crippen LogP contribution in [0.2, 0.25) is 0 Å². The SMILES string of the molecule is CC(C)CC1CN(CCCF)C(c2ccccc2)CN1. The molecule has 1 saturated heterocycles. The average molecular weight is 278 g/mol. The lowest BCUT2D eigenvalue weighted by Gasteiger charge is -2.41. The minimum atomic E-state index is -0.222. The molecule has 0 saturated carbocycles. The third kappa shape index (κ3) is 4.29. The Balaban J connectivity index is 2.03. The highest BCUT2D eigenvalue weighted by Gasteiger charge is 2.28. The predicted molar refractivity (Wildman–Crippen MR) is 82.6 cm³/mol. The Morgan fingerprint density at radius 3 is 2.70 bits per heavy atom. The Morgan fingerprint density at radius 1 is 1.30 bits per heavy atom. The first-order valence-corrected chi connectivity index (χ1v) is 7.79. The summed E-state index contributed by atoms with van der Waals surface area (Å²) >= 11 is 0. The number of nitrogens with one attached hydrogen (secondary N) is 1. The molecule has 1 aromatic rings. The van der Waals surface area contributed by atoms with Crippen molar-refractivity contribution in [3.63, 3.8) is 0 Å². The summed E-state index contributed by atoms with van der Waals surface area (Å²) in [5, 5.41) is 3.67. The first kappa shape index (κ1) is 15.5. The van der Waals surface area contributed by atoms with Gasteiger partial charge in [-0.15, -0.1) is 0 Å². The highest BCUT2D eigenvalue weighted by atomic mass is 19.1. The summed E-state index contributed by atoms with van der Waals surface area (Å²) in [5.41, 5.74) is 1.34. The van der Waals surface area contributed by atoms with Crippen molar-refractivity contribution >= 4 is 0 Å². The Kier molecular flexibility index (Phi) is 5.99. The van der Waals surface area contributed by atoms with Gasteiger partial charge < -0.3 is 5.32 Å². The van der Waals surface area contributed by atoms with Crippen LogP contribution < -0.4 is 5.32 Å². The fourth-order valence-electron chi connectivity index (χ4n) is 3.12. The van der Waals surface area contributed by atoms with Crippen molar-refractivity contribution in [1.29, 1.82) is 0 Å². The number of alkyl halides is 1. The largest absolute Gasteiger partial charge is 0.311 e. The maximum absolute atomic E-state index is 12.5. The minimum Gasteiger partial charge on any atom is -0.311 e. The van der Waals surface area contributed by atoms with Gasteiger partial charge in [0, 0.05) is 31.7 Å². The zero-order chi connectivity index (χ0) is 14.4. The summed E-state index contributed by atoms with van der Waals surface area (Å²) < 4.78 is 12.5. The van der Waals surface area contributed by atoms with Gasteiger partial charge in [0.1, 0.15) is 0 Å². The zero-order valence-electron chi connectivity index (χ0n) is 12.7. The van der Waals surface area contributed by atoms with Gasteiger partial charge in [-0.1, -0.05) is 44.2 Å². The summed E-state index contributed by atoms with van der Waals surface area (Å²) in [6.45, 7) is 7.14. The number of hydrogen-bond donors (Lipinski definition) is 1. The second kappa shape index (κ2) is 7.75. The van der Waals surface area contributed by atoms with Crippen LogP contribution in [0.15, 0.2) is 30.3 Å². The molecule has 1 heterocycles. The fraction of sp³-hybridized carbons (Fsp3) is 0.647. The van der Waals surface area contributed by atoms with Gasteiger partial charge in [-0.25, -0.2) is 0 Å². The van der Waals surface area contributed by atoms with Crippen LogP contribution in [0.3, 0.4) is 0 Å². The van der Waals surface area contributed by atoms with Gasteiger partial charge in [-0.3, -0.25) is 9.29 Å². The molecule has 1 aromatic carbocycles. The number of benzene rings is 1. The summed E-state index contributed by atoms with van der Waals surface area (Å²) in [6, 6.07) is 11.5. The van der Waals surface area contributed by atoms with Crippen molar-refractivity contribution in [2.75, 3.05) is 26.3 Å². The second-order valence-corrected chi connectivity index (χ2v) is 6.20. The van der Waals surface area contributed by atoms with Crippen LogP contribution in [0.1, 0.15) is 38.3 Å². The fourth-order valence-corrected chi connectivity index (χ4v) is 3.12. The molecule has 0 spiro atoms. The number of piperazine rings is 1. The highest BCUT2D eigenvalue weighted by Crippen LogP contribution is 2.25. The summed E-state index contributed by atoms with van der Waals surface area (Å²) in [6.07, 6.45) is 1.82. The van der Waals surface area contributed by atoms with E-state index in [1.807, 2.05) is 6.07 Å². The lowest BCUT2D eigenvalue weighted by atomic mass is 9.96. The Hall–Kier alpha value is -0.930. The average Bonchev–Trinajstić information content (AvgIpc) is 2.45. The molecule has 1 N–H and O–H groups in total. The van der Waals surface area contributed by atoms with Crippen LogP contribution in [-0.4, -0.2) is 37.3 Å². The van der Waals surface area contributed by atoms with Crippen LogP contribution in [0, 0.1) is 5.92 Å². The van der Waals surface area contributed by atoms with Crippen LogP contribution in [0.4, 0.5) is 4.39 Å². The van der Waals surface area contributed by atoms with E-state index in [0.717, 1.165) is 19.6 Å². The molecular weight excluding hydrogens is 251 g/mol. The van der Waals surface area contributed by atoms with Crippen LogP contribution in [0.5, 0.6) is 0 Å². The van der Waals surface area contributed by atoms with E-state index in [0.29, 0.717) is 24.4 Å². The third-order valence-electron chi connectivity index (χ3n) is 4.01. The van der Waals surface area contributed by atoms with E-state index >= 15 is 0 Å². The number of nitrogens with zero attached hydrogens (tertiary/aromatic N) is 1. The van der Waals surface area contributed by atoms with E-state index in [1.165, 1.54) is 12.0 Å². The molecule has 0 radical (unpaired) electrons. The van der Waals surface area contributed by atoms with Crippen molar-refractivity contribution in [3.05, 3.63) is 35.9 Å². The molecule has 0 aliphatic carbocycles. The predicted octanol–water partition coefficient (Wildman–Crippen LogP) is 3.41. The molecular formula is C17H27FN2. The quantitative estimate of drug-likeness (QED) is 0.858. The number of halogens is 1. The minimum absolute atomic E-state index is 0.222. The van der Waals surface area contributed by atoms with Gasteiger partial charge in [-0.05, 0) is 24.3 Å². The zero-order valence-corrected chi connectivity index (χ0v) is 12.7. The Labute approximate surface area is 122 Å². The van der Waals surface area contributed by atoms with E-state index in [4.69, 9.17) is 0 Å². The van der Waals surface area contributed by atoms with Crippen molar-refractivity contribution in [3.8, 4) is 0 Å². The van der Waals surface area contributed by atoms with Gasteiger partial charge in [-0.2, -0.15) is 0 Å². The van der Waals surface area contributed by atoms with Crippen LogP contribution >= 0.6 is 0 Å². The summed E-state index contributed by atoms with van der Waals surface area (Å²) in [7, 11) is 0. The molecule has 20 heavy (non-hydrogen) atoms. The molecule has 2 rings (SSSR count). The van der Waals surface area contributed by atoms with Crippen molar-refractivity contribution in [2.24, 2.45) is 5.92 Å². The van der Waals surface area contributed by atoms with Crippen molar-refractivity contribution < 1.29 is 4.39 Å². The van der Waals surface area contributed by atoms with Gasteiger partial charge in [0.2, 0.25) is 0 Å². The molecule has 112 valence electrons. The van der Waals surface area contributed by atoms with E-state index in [9.17, 15) is 4.39 Å². The van der Waals surface area contributed by atoms with Crippen molar-refractivity contribution in [1.82, 2.24) is 10.2 Å². The van der Waals surface area contributed by atoms with E-state index in [-0.39, 0.29) is 6.67 Å². The van der Waals surface area contributed by atoms with Gasteiger partial charge in [0.15, 0.2) is 0 Å². The van der Waals surface area contributed by atoms with E-state index < -0.39 is 0 Å². The second-order valence-electron chi connectivity index (χ2n) is 6.20. The van der Waals surface area contributed by atoms with Gasteiger partial charge in [0.05, 0.1) is 6.67 Å².